The number of nitrogens with zero attached hydrogens (tertiary/aromatic N) is 2. The van der Waals surface area contributed by atoms with Gasteiger partial charge >= 0.3 is 0 Å². The minimum atomic E-state index is -0.274. The van der Waals surface area contributed by atoms with E-state index in [9.17, 15) is 4.79 Å². The molecule has 0 amide bonds. The zero-order valence-corrected chi connectivity index (χ0v) is 12.4. The third kappa shape index (κ3) is 5.18. The van der Waals surface area contributed by atoms with Crippen molar-refractivity contribution in [2.75, 3.05) is 26.0 Å². The number of rotatable bonds is 7. The highest BCUT2D eigenvalue weighted by Gasteiger charge is 2.03. The second-order valence-corrected chi connectivity index (χ2v) is 5.26. The van der Waals surface area contributed by atoms with Gasteiger partial charge in [-0.05, 0) is 23.4 Å². The summed E-state index contributed by atoms with van der Waals surface area (Å²) in [7, 11) is 1.67. The van der Waals surface area contributed by atoms with Gasteiger partial charge in [-0.3, -0.25) is 4.79 Å². The van der Waals surface area contributed by atoms with Crippen molar-refractivity contribution in [3.8, 4) is 0 Å². The van der Waals surface area contributed by atoms with Crippen LogP contribution in [0, 0.1) is 0 Å². The first kappa shape index (κ1) is 15.5. The van der Waals surface area contributed by atoms with Crippen LogP contribution in [0.25, 0.3) is 0 Å². The minimum absolute atomic E-state index is 0.195. The number of methoxy groups -OCH3 is 1. The van der Waals surface area contributed by atoms with Gasteiger partial charge in [-0.25, -0.2) is 9.97 Å². The number of aromatic amines is 1. The maximum Gasteiger partial charge on any atom is 0.253 e. The average Bonchev–Trinajstić information content (AvgIpc) is 2.44. The Labute approximate surface area is 126 Å². The first-order valence-corrected chi connectivity index (χ1v) is 7.18. The highest BCUT2D eigenvalue weighted by molar-refractivity contribution is 7.99. The molecule has 0 spiro atoms. The van der Waals surface area contributed by atoms with Crippen molar-refractivity contribution in [3.05, 3.63) is 40.3 Å². The molecule has 0 saturated carbocycles. The maximum atomic E-state index is 11.3. The summed E-state index contributed by atoms with van der Waals surface area (Å²) in [6.07, 6.45) is 1.78. The van der Waals surface area contributed by atoms with Gasteiger partial charge in [0.2, 0.25) is 0 Å². The molecule has 4 N–H and O–H groups in total. The number of hydrogen-bond donors (Lipinski definition) is 3. The lowest BCUT2D eigenvalue weighted by Gasteiger charge is -2.05. The van der Waals surface area contributed by atoms with E-state index in [1.54, 1.807) is 13.3 Å². The van der Waals surface area contributed by atoms with Crippen molar-refractivity contribution in [2.45, 2.75) is 16.7 Å². The Hall–Kier alpha value is -1.90. The van der Waals surface area contributed by atoms with E-state index in [2.05, 4.69) is 20.3 Å². The molecule has 0 unspecified atom stereocenters. The molecule has 0 fully saturated rings. The molecule has 0 aromatic carbocycles. The van der Waals surface area contributed by atoms with E-state index in [-0.39, 0.29) is 11.4 Å². The molecule has 2 rings (SSSR count). The highest BCUT2D eigenvalue weighted by Crippen LogP contribution is 2.21. The lowest BCUT2D eigenvalue weighted by Crippen LogP contribution is -2.18. The molecule has 7 nitrogen and oxygen atoms in total. The maximum absolute atomic E-state index is 11.3. The standard InChI is InChI=1S/C13H17N5O2S/c1-20-5-4-15-7-9-2-3-12(16-8-9)21-13-17-10(14)6-11(19)18-13/h2-3,6,8,15H,4-5,7H2,1H3,(H3,14,17,18,19). The average molecular weight is 307 g/mol. The summed E-state index contributed by atoms with van der Waals surface area (Å²) in [6.45, 7) is 2.20. The molecule has 0 aliphatic rings. The minimum Gasteiger partial charge on any atom is -0.383 e. The fraction of sp³-hybridized carbons (Fsp3) is 0.308. The summed E-state index contributed by atoms with van der Waals surface area (Å²) < 4.78 is 4.96. The van der Waals surface area contributed by atoms with Crippen molar-refractivity contribution in [3.63, 3.8) is 0 Å². The van der Waals surface area contributed by atoms with Crippen LogP contribution in [-0.2, 0) is 11.3 Å². The fourth-order valence-electron chi connectivity index (χ4n) is 1.58. The summed E-state index contributed by atoms with van der Waals surface area (Å²) in [6, 6.07) is 5.09. The predicted octanol–water partition coefficient (Wildman–Crippen LogP) is 0.634. The third-order valence-corrected chi connectivity index (χ3v) is 3.39. The topological polar surface area (TPSA) is 106 Å². The van der Waals surface area contributed by atoms with Gasteiger partial charge in [0, 0.05) is 32.5 Å². The third-order valence-electron chi connectivity index (χ3n) is 2.55. The van der Waals surface area contributed by atoms with Gasteiger partial charge in [-0.2, -0.15) is 0 Å². The summed E-state index contributed by atoms with van der Waals surface area (Å²) in [5.74, 6) is 0.195. The van der Waals surface area contributed by atoms with Crippen LogP contribution in [0.3, 0.4) is 0 Å². The Morgan fingerprint density at radius 1 is 1.48 bits per heavy atom. The molecular formula is C13H17N5O2S. The highest BCUT2D eigenvalue weighted by atomic mass is 32.2. The van der Waals surface area contributed by atoms with Gasteiger partial charge < -0.3 is 20.8 Å². The van der Waals surface area contributed by atoms with Gasteiger partial charge in [0.05, 0.1) is 6.61 Å². The lowest BCUT2D eigenvalue weighted by molar-refractivity contribution is 0.199. The van der Waals surface area contributed by atoms with Gasteiger partial charge in [-0.15, -0.1) is 0 Å². The predicted molar refractivity (Wildman–Crippen MR) is 81.2 cm³/mol. The lowest BCUT2D eigenvalue weighted by atomic mass is 10.3. The fourth-order valence-corrected chi connectivity index (χ4v) is 2.33. The number of H-pyrrole nitrogens is 1. The molecule has 8 heteroatoms. The number of nitrogen functional groups attached to an aromatic ring is 1. The molecule has 2 heterocycles. The van der Waals surface area contributed by atoms with Crippen molar-refractivity contribution >= 4 is 17.6 Å². The molecule has 0 saturated heterocycles. The van der Waals surface area contributed by atoms with E-state index >= 15 is 0 Å². The van der Waals surface area contributed by atoms with Gasteiger partial charge in [-0.1, -0.05) is 6.07 Å². The number of hydrogen-bond acceptors (Lipinski definition) is 7. The summed E-state index contributed by atoms with van der Waals surface area (Å²) in [5, 5.41) is 4.41. The zero-order valence-electron chi connectivity index (χ0n) is 11.6. The zero-order chi connectivity index (χ0) is 15.1. The van der Waals surface area contributed by atoms with Crippen molar-refractivity contribution in [1.82, 2.24) is 20.3 Å². The van der Waals surface area contributed by atoms with Gasteiger partial charge in [0.1, 0.15) is 10.8 Å². The van der Waals surface area contributed by atoms with Gasteiger partial charge in [0.15, 0.2) is 5.16 Å². The largest absolute Gasteiger partial charge is 0.383 e. The van der Waals surface area contributed by atoms with Crippen molar-refractivity contribution < 1.29 is 4.74 Å². The molecule has 0 aliphatic heterocycles. The summed E-state index contributed by atoms with van der Waals surface area (Å²) in [4.78, 5) is 22.3. The Bertz CT molecular complexity index is 629. The Balaban J connectivity index is 1.94. The van der Waals surface area contributed by atoms with Crippen LogP contribution in [-0.4, -0.2) is 35.2 Å². The number of ether oxygens (including phenoxy) is 1. The van der Waals surface area contributed by atoms with Crippen LogP contribution >= 0.6 is 11.8 Å². The van der Waals surface area contributed by atoms with Crippen LogP contribution in [0.5, 0.6) is 0 Å². The van der Waals surface area contributed by atoms with Crippen LogP contribution in [0.2, 0.25) is 0 Å². The summed E-state index contributed by atoms with van der Waals surface area (Å²) >= 11 is 1.26. The Kier molecular flexibility index (Phi) is 5.73. The van der Waals surface area contributed by atoms with E-state index < -0.39 is 0 Å². The Morgan fingerprint density at radius 3 is 3.00 bits per heavy atom. The molecule has 0 radical (unpaired) electrons. The molecule has 0 bridgehead atoms. The SMILES string of the molecule is COCCNCc1ccc(Sc2nc(N)cc(=O)[nH]2)nc1. The number of nitrogens with two attached hydrogens (primary N) is 1. The Morgan fingerprint density at radius 2 is 2.33 bits per heavy atom. The quantitative estimate of drug-likeness (QED) is 0.509. The monoisotopic (exact) mass is 307 g/mol. The second kappa shape index (κ2) is 7.77. The first-order valence-electron chi connectivity index (χ1n) is 6.36. The molecule has 112 valence electrons. The van der Waals surface area contributed by atoms with Crippen molar-refractivity contribution in [1.29, 1.82) is 0 Å². The molecule has 2 aromatic rings. The van der Waals surface area contributed by atoms with E-state index in [0.29, 0.717) is 11.8 Å². The second-order valence-electron chi connectivity index (χ2n) is 4.25. The number of nitrogens with one attached hydrogen (secondary N) is 2. The molecular weight excluding hydrogens is 290 g/mol. The number of pyridine rings is 1. The normalized spacial score (nSPS) is 10.7. The van der Waals surface area contributed by atoms with E-state index in [1.165, 1.54) is 17.8 Å². The smallest absolute Gasteiger partial charge is 0.253 e. The van der Waals surface area contributed by atoms with Crippen molar-refractivity contribution in [2.24, 2.45) is 0 Å². The molecule has 2 aromatic heterocycles. The van der Waals surface area contributed by atoms with E-state index in [1.807, 2.05) is 12.1 Å². The van der Waals surface area contributed by atoms with Crippen LogP contribution in [0.1, 0.15) is 5.56 Å². The first-order chi connectivity index (χ1) is 10.2. The van der Waals surface area contributed by atoms with E-state index in [0.717, 1.165) is 23.7 Å². The van der Waals surface area contributed by atoms with Gasteiger partial charge in [0.25, 0.3) is 5.56 Å². The van der Waals surface area contributed by atoms with Crippen LogP contribution < -0.4 is 16.6 Å². The van der Waals surface area contributed by atoms with Crippen LogP contribution in [0.4, 0.5) is 5.82 Å². The number of aromatic nitrogens is 3. The molecule has 21 heavy (non-hydrogen) atoms. The van der Waals surface area contributed by atoms with E-state index in [4.69, 9.17) is 10.5 Å². The number of anilines is 1. The molecule has 0 atom stereocenters. The van der Waals surface area contributed by atoms with Crippen LogP contribution in [0.15, 0.2) is 39.4 Å². The summed E-state index contributed by atoms with van der Waals surface area (Å²) in [5.41, 5.74) is 6.33. The molecule has 0 aliphatic carbocycles.